The maximum Gasteiger partial charge on any atom is 0.0687 e. The minimum Gasteiger partial charge on any atom is -0.392 e. The van der Waals surface area contributed by atoms with Crippen LogP contribution in [0.25, 0.3) is 0 Å². The van der Waals surface area contributed by atoms with E-state index in [0.717, 1.165) is 5.69 Å². The molecule has 0 spiro atoms. The molecule has 0 aromatic heterocycles. The van der Waals surface area contributed by atoms with Gasteiger partial charge < -0.3 is 15.1 Å². The van der Waals surface area contributed by atoms with Crippen molar-refractivity contribution in [2.75, 3.05) is 18.0 Å². The predicted molar refractivity (Wildman–Crippen MR) is 67.0 cm³/mol. The Morgan fingerprint density at radius 1 is 1.19 bits per heavy atom. The van der Waals surface area contributed by atoms with Crippen LogP contribution in [0.5, 0.6) is 0 Å². The summed E-state index contributed by atoms with van der Waals surface area (Å²) < 4.78 is 0. The number of halogens is 1. The van der Waals surface area contributed by atoms with Crippen molar-refractivity contribution < 1.29 is 10.2 Å². The van der Waals surface area contributed by atoms with Crippen LogP contribution in [0.1, 0.15) is 13.8 Å². The van der Waals surface area contributed by atoms with Gasteiger partial charge in [0, 0.05) is 23.8 Å². The Balaban J connectivity index is 2.82. The summed E-state index contributed by atoms with van der Waals surface area (Å²) >= 11 is 5.91. The minimum absolute atomic E-state index is 0.447. The van der Waals surface area contributed by atoms with Gasteiger partial charge in [-0.2, -0.15) is 0 Å². The van der Waals surface area contributed by atoms with Crippen LogP contribution in [0.15, 0.2) is 24.3 Å². The number of aliphatic hydroxyl groups excluding tert-OH is 2. The Morgan fingerprint density at radius 3 is 2.19 bits per heavy atom. The monoisotopic (exact) mass is 243 g/mol. The van der Waals surface area contributed by atoms with E-state index in [2.05, 4.69) is 0 Å². The Labute approximate surface area is 101 Å². The summed E-state index contributed by atoms with van der Waals surface area (Å²) in [5.74, 6) is 0. The van der Waals surface area contributed by atoms with Gasteiger partial charge in [0.05, 0.1) is 12.2 Å². The number of benzene rings is 1. The highest BCUT2D eigenvalue weighted by atomic mass is 35.5. The third-order valence-corrected chi connectivity index (χ3v) is 2.38. The van der Waals surface area contributed by atoms with Crippen LogP contribution < -0.4 is 4.90 Å². The average Bonchev–Trinajstić information content (AvgIpc) is 2.15. The summed E-state index contributed by atoms with van der Waals surface area (Å²) in [6.07, 6.45) is -0.893. The number of hydrogen-bond donors (Lipinski definition) is 2. The Bertz CT molecular complexity index is 319. The molecular formula is C12H18ClNO2. The molecule has 90 valence electrons. The summed E-state index contributed by atoms with van der Waals surface area (Å²) in [5.41, 5.74) is 0.911. The van der Waals surface area contributed by atoms with Crippen LogP contribution in [0.4, 0.5) is 5.69 Å². The Kier molecular flexibility index (Phi) is 5.06. The molecule has 0 aliphatic heterocycles. The third-order valence-electron chi connectivity index (χ3n) is 2.14. The number of aliphatic hydroxyl groups is 2. The lowest BCUT2D eigenvalue weighted by atomic mass is 10.2. The zero-order valence-electron chi connectivity index (χ0n) is 9.60. The Morgan fingerprint density at radius 2 is 1.75 bits per heavy atom. The first-order valence-corrected chi connectivity index (χ1v) is 5.73. The van der Waals surface area contributed by atoms with E-state index < -0.39 is 12.2 Å². The average molecular weight is 244 g/mol. The van der Waals surface area contributed by atoms with Crippen molar-refractivity contribution in [3.8, 4) is 0 Å². The van der Waals surface area contributed by atoms with Gasteiger partial charge in [-0.15, -0.1) is 0 Å². The molecule has 2 atom stereocenters. The molecule has 1 aromatic rings. The standard InChI is InChI=1S/C12H18ClNO2/c1-9(15)7-14(8-10(2)16)12-5-3-4-11(13)6-12/h3-6,9-10,15-16H,7-8H2,1-2H3. The highest BCUT2D eigenvalue weighted by Gasteiger charge is 2.11. The molecule has 0 heterocycles. The summed E-state index contributed by atoms with van der Waals surface area (Å²) in [6, 6.07) is 7.39. The SMILES string of the molecule is CC(O)CN(CC(C)O)c1cccc(Cl)c1. The normalized spacial score (nSPS) is 14.6. The van der Waals surface area contributed by atoms with Crippen molar-refractivity contribution in [1.29, 1.82) is 0 Å². The van der Waals surface area contributed by atoms with E-state index in [1.54, 1.807) is 19.9 Å². The van der Waals surface area contributed by atoms with Crippen LogP contribution >= 0.6 is 11.6 Å². The van der Waals surface area contributed by atoms with Crippen LogP contribution in [-0.2, 0) is 0 Å². The lowest BCUT2D eigenvalue weighted by molar-refractivity contribution is 0.178. The van der Waals surface area contributed by atoms with Crippen molar-refractivity contribution in [2.24, 2.45) is 0 Å². The molecule has 0 bridgehead atoms. The summed E-state index contributed by atoms with van der Waals surface area (Å²) in [4.78, 5) is 1.92. The van der Waals surface area contributed by atoms with Crippen LogP contribution in [0, 0.1) is 0 Å². The van der Waals surface area contributed by atoms with Crippen LogP contribution in [-0.4, -0.2) is 35.5 Å². The van der Waals surface area contributed by atoms with Gasteiger partial charge in [-0.25, -0.2) is 0 Å². The molecule has 0 saturated heterocycles. The van der Waals surface area contributed by atoms with Crippen molar-refractivity contribution in [3.05, 3.63) is 29.3 Å². The lowest BCUT2D eigenvalue weighted by Crippen LogP contribution is -2.36. The second-order valence-electron chi connectivity index (χ2n) is 4.08. The van der Waals surface area contributed by atoms with Crippen molar-refractivity contribution >= 4 is 17.3 Å². The van der Waals surface area contributed by atoms with Crippen LogP contribution in [0.3, 0.4) is 0 Å². The highest BCUT2D eigenvalue weighted by molar-refractivity contribution is 6.30. The molecule has 2 N–H and O–H groups in total. The Hall–Kier alpha value is -0.770. The van der Waals surface area contributed by atoms with E-state index in [-0.39, 0.29) is 0 Å². The van der Waals surface area contributed by atoms with E-state index in [1.807, 2.05) is 23.1 Å². The van der Waals surface area contributed by atoms with E-state index in [4.69, 9.17) is 11.6 Å². The van der Waals surface area contributed by atoms with Crippen molar-refractivity contribution in [2.45, 2.75) is 26.1 Å². The highest BCUT2D eigenvalue weighted by Crippen LogP contribution is 2.20. The second kappa shape index (κ2) is 6.09. The van der Waals surface area contributed by atoms with E-state index in [0.29, 0.717) is 18.1 Å². The molecule has 2 unspecified atom stereocenters. The molecule has 3 nitrogen and oxygen atoms in total. The molecule has 0 aliphatic carbocycles. The smallest absolute Gasteiger partial charge is 0.0687 e. The summed E-state index contributed by atoms with van der Waals surface area (Å²) in [6.45, 7) is 4.40. The number of nitrogens with zero attached hydrogens (tertiary/aromatic N) is 1. The predicted octanol–water partition coefficient (Wildman–Crippen LogP) is 1.91. The lowest BCUT2D eigenvalue weighted by Gasteiger charge is -2.27. The zero-order chi connectivity index (χ0) is 12.1. The quantitative estimate of drug-likeness (QED) is 0.830. The number of anilines is 1. The molecule has 16 heavy (non-hydrogen) atoms. The number of hydrogen-bond acceptors (Lipinski definition) is 3. The first kappa shape index (κ1) is 13.3. The van der Waals surface area contributed by atoms with E-state index in [1.165, 1.54) is 0 Å². The minimum atomic E-state index is -0.447. The van der Waals surface area contributed by atoms with Gasteiger partial charge in [0.1, 0.15) is 0 Å². The fourth-order valence-corrected chi connectivity index (χ4v) is 1.78. The molecule has 0 fully saturated rings. The first-order chi connectivity index (χ1) is 7.49. The molecule has 0 amide bonds. The number of rotatable bonds is 5. The first-order valence-electron chi connectivity index (χ1n) is 5.35. The topological polar surface area (TPSA) is 43.7 Å². The summed E-state index contributed by atoms with van der Waals surface area (Å²) in [5, 5.41) is 19.5. The zero-order valence-corrected chi connectivity index (χ0v) is 10.4. The molecule has 0 radical (unpaired) electrons. The van der Waals surface area contributed by atoms with Crippen molar-refractivity contribution in [1.82, 2.24) is 0 Å². The maximum atomic E-state index is 9.41. The molecule has 1 rings (SSSR count). The molecule has 1 aromatic carbocycles. The fraction of sp³-hybridized carbons (Fsp3) is 0.500. The van der Waals surface area contributed by atoms with Crippen LogP contribution in [0.2, 0.25) is 5.02 Å². The van der Waals surface area contributed by atoms with Gasteiger partial charge in [0.15, 0.2) is 0 Å². The van der Waals surface area contributed by atoms with E-state index in [9.17, 15) is 10.2 Å². The molecule has 4 heteroatoms. The second-order valence-corrected chi connectivity index (χ2v) is 4.52. The van der Waals surface area contributed by atoms with Gasteiger partial charge in [-0.3, -0.25) is 0 Å². The van der Waals surface area contributed by atoms with Gasteiger partial charge in [0.2, 0.25) is 0 Å². The van der Waals surface area contributed by atoms with Gasteiger partial charge in [0.25, 0.3) is 0 Å². The third kappa shape index (κ3) is 4.39. The largest absolute Gasteiger partial charge is 0.392 e. The molecule has 0 aliphatic rings. The van der Waals surface area contributed by atoms with E-state index >= 15 is 0 Å². The maximum absolute atomic E-state index is 9.41. The molecular weight excluding hydrogens is 226 g/mol. The van der Waals surface area contributed by atoms with Gasteiger partial charge in [-0.1, -0.05) is 17.7 Å². The fourth-order valence-electron chi connectivity index (χ4n) is 1.60. The summed E-state index contributed by atoms with van der Waals surface area (Å²) in [7, 11) is 0. The molecule has 0 saturated carbocycles. The van der Waals surface area contributed by atoms with Gasteiger partial charge in [-0.05, 0) is 32.0 Å². The van der Waals surface area contributed by atoms with Gasteiger partial charge >= 0.3 is 0 Å². The van der Waals surface area contributed by atoms with Crippen molar-refractivity contribution in [3.63, 3.8) is 0 Å².